The van der Waals surface area contributed by atoms with E-state index < -0.39 is 0 Å². The zero-order valence-corrected chi connectivity index (χ0v) is 18.7. The highest BCUT2D eigenvalue weighted by molar-refractivity contribution is 5.79. The first-order valence-electron chi connectivity index (χ1n) is 11.2. The smallest absolute Gasteiger partial charge is 0.305 e. The Balaban J connectivity index is 1.51. The number of hydrogen-bond donors (Lipinski definition) is 0. The van der Waals surface area contributed by atoms with Crippen LogP contribution in [-0.4, -0.2) is 24.2 Å². The van der Waals surface area contributed by atoms with Crippen LogP contribution in [0.25, 0.3) is 34.0 Å². The van der Waals surface area contributed by atoms with Gasteiger partial charge in [0.2, 0.25) is 5.89 Å². The number of hydrogen-bond acceptors (Lipinski definition) is 5. The van der Waals surface area contributed by atoms with Crippen LogP contribution < -0.4 is 4.74 Å². The molecule has 1 heterocycles. The summed E-state index contributed by atoms with van der Waals surface area (Å²) in [6.07, 6.45) is 1.93. The third-order valence-electron chi connectivity index (χ3n) is 5.14. The summed E-state index contributed by atoms with van der Waals surface area (Å²) in [5.41, 5.74) is 3.63. The average Bonchev–Trinajstić information content (AvgIpc) is 3.31. The molecule has 0 saturated heterocycles. The second-order valence-electron chi connectivity index (χ2n) is 7.57. The number of benzene rings is 3. The lowest BCUT2D eigenvalue weighted by Gasteiger charge is -2.07. The van der Waals surface area contributed by atoms with E-state index in [1.807, 2.05) is 91.9 Å². The van der Waals surface area contributed by atoms with Gasteiger partial charge >= 0.3 is 5.97 Å². The largest absolute Gasteiger partial charge is 0.494 e. The second-order valence-corrected chi connectivity index (χ2v) is 7.57. The van der Waals surface area contributed by atoms with Crippen molar-refractivity contribution in [2.24, 2.45) is 0 Å². The summed E-state index contributed by atoms with van der Waals surface area (Å²) in [7, 11) is 0. The number of nitrogens with zero attached hydrogens (tertiary/aromatic N) is 1. The maximum Gasteiger partial charge on any atom is 0.305 e. The average molecular weight is 442 g/mol. The van der Waals surface area contributed by atoms with Crippen LogP contribution in [-0.2, 0) is 9.53 Å². The van der Waals surface area contributed by atoms with E-state index >= 15 is 0 Å². The molecular formula is C28H27NO4. The van der Waals surface area contributed by atoms with Crippen LogP contribution >= 0.6 is 0 Å². The number of oxazole rings is 1. The molecule has 5 nitrogen and oxygen atoms in total. The molecule has 0 radical (unpaired) electrons. The number of unbranched alkanes of at least 4 members (excludes halogenated alkanes) is 1. The van der Waals surface area contributed by atoms with Gasteiger partial charge in [0, 0.05) is 23.1 Å². The summed E-state index contributed by atoms with van der Waals surface area (Å²) in [4.78, 5) is 16.3. The maximum atomic E-state index is 11.4. The van der Waals surface area contributed by atoms with Crippen molar-refractivity contribution in [3.8, 4) is 39.8 Å². The minimum Gasteiger partial charge on any atom is -0.494 e. The Morgan fingerprint density at radius 2 is 1.55 bits per heavy atom. The third kappa shape index (κ3) is 5.89. The van der Waals surface area contributed by atoms with Crippen molar-refractivity contribution in [2.45, 2.75) is 26.2 Å². The fraction of sp³-hybridized carbons (Fsp3) is 0.214. The highest BCUT2D eigenvalue weighted by Crippen LogP contribution is 2.36. The Bertz CT molecular complexity index is 1110. The lowest BCUT2D eigenvalue weighted by atomic mass is 10.1. The van der Waals surface area contributed by atoms with Crippen molar-refractivity contribution in [3.05, 3.63) is 84.9 Å². The highest BCUT2D eigenvalue weighted by atomic mass is 16.5. The third-order valence-corrected chi connectivity index (χ3v) is 5.14. The first-order chi connectivity index (χ1) is 16.2. The van der Waals surface area contributed by atoms with Gasteiger partial charge in [0.1, 0.15) is 11.4 Å². The molecule has 0 spiro atoms. The highest BCUT2D eigenvalue weighted by Gasteiger charge is 2.18. The van der Waals surface area contributed by atoms with E-state index in [2.05, 4.69) is 0 Å². The molecule has 0 fully saturated rings. The lowest BCUT2D eigenvalue weighted by molar-refractivity contribution is -0.143. The van der Waals surface area contributed by atoms with Gasteiger partial charge in [-0.2, -0.15) is 0 Å². The van der Waals surface area contributed by atoms with Crippen LogP contribution in [0.2, 0.25) is 0 Å². The van der Waals surface area contributed by atoms with Crippen molar-refractivity contribution < 1.29 is 18.7 Å². The molecule has 0 bridgehead atoms. The molecule has 0 atom stereocenters. The molecule has 0 aliphatic carbocycles. The molecule has 1 aromatic heterocycles. The summed E-state index contributed by atoms with van der Waals surface area (Å²) in [6, 6.07) is 27.8. The second kappa shape index (κ2) is 11.1. The molecule has 0 aliphatic heterocycles. The van der Waals surface area contributed by atoms with Gasteiger partial charge in [0.05, 0.1) is 13.2 Å². The molecule has 168 valence electrons. The predicted molar refractivity (Wildman–Crippen MR) is 129 cm³/mol. The van der Waals surface area contributed by atoms with Gasteiger partial charge in [-0.15, -0.1) is 0 Å². The minimum absolute atomic E-state index is 0.160. The molecule has 4 aromatic rings. The molecular weight excluding hydrogens is 414 g/mol. The Kier molecular flexibility index (Phi) is 7.54. The van der Waals surface area contributed by atoms with Gasteiger partial charge in [0.15, 0.2) is 5.76 Å². The van der Waals surface area contributed by atoms with Gasteiger partial charge in [-0.05, 0) is 38.0 Å². The first-order valence-corrected chi connectivity index (χ1v) is 11.2. The molecule has 0 aliphatic rings. The van der Waals surface area contributed by atoms with Crippen LogP contribution in [0.5, 0.6) is 5.75 Å². The Morgan fingerprint density at radius 1 is 0.848 bits per heavy atom. The summed E-state index contributed by atoms with van der Waals surface area (Å²) in [5.74, 6) is 1.86. The molecule has 3 aromatic carbocycles. The van der Waals surface area contributed by atoms with Crippen LogP contribution in [0.15, 0.2) is 89.3 Å². The first kappa shape index (κ1) is 22.3. The van der Waals surface area contributed by atoms with E-state index in [4.69, 9.17) is 18.9 Å². The van der Waals surface area contributed by atoms with Crippen molar-refractivity contribution in [1.29, 1.82) is 0 Å². The lowest BCUT2D eigenvalue weighted by Crippen LogP contribution is -2.05. The quantitative estimate of drug-likeness (QED) is 0.200. The molecule has 0 amide bonds. The van der Waals surface area contributed by atoms with Crippen molar-refractivity contribution >= 4 is 5.97 Å². The molecule has 5 heteroatoms. The number of aromatic nitrogens is 1. The van der Waals surface area contributed by atoms with Crippen molar-refractivity contribution in [1.82, 2.24) is 4.98 Å². The topological polar surface area (TPSA) is 61.6 Å². The zero-order chi connectivity index (χ0) is 22.9. The summed E-state index contributed by atoms with van der Waals surface area (Å²) in [6.45, 7) is 2.76. The molecule has 0 saturated carbocycles. The molecule has 4 rings (SSSR count). The maximum absolute atomic E-state index is 11.4. The molecule has 0 unspecified atom stereocenters. The van der Waals surface area contributed by atoms with E-state index in [9.17, 15) is 4.79 Å². The van der Waals surface area contributed by atoms with Gasteiger partial charge < -0.3 is 13.9 Å². The van der Waals surface area contributed by atoms with Crippen molar-refractivity contribution in [3.63, 3.8) is 0 Å². The van der Waals surface area contributed by atoms with Crippen LogP contribution in [0.4, 0.5) is 0 Å². The number of esters is 1. The SMILES string of the molecule is CCOC(=O)CCCCOc1cccc(-c2nc(-c3ccccc3)c(-c3ccccc3)o2)c1. The fourth-order valence-corrected chi connectivity index (χ4v) is 3.53. The van der Waals surface area contributed by atoms with Gasteiger partial charge in [0.25, 0.3) is 0 Å². The van der Waals surface area contributed by atoms with E-state index in [-0.39, 0.29) is 5.97 Å². The fourth-order valence-electron chi connectivity index (χ4n) is 3.53. The van der Waals surface area contributed by atoms with Gasteiger partial charge in [-0.3, -0.25) is 4.79 Å². The zero-order valence-electron chi connectivity index (χ0n) is 18.7. The Labute approximate surface area is 194 Å². The Morgan fingerprint density at radius 3 is 2.27 bits per heavy atom. The standard InChI is InChI=1S/C28H27NO4/c1-2-31-25(30)18-9-10-19-32-24-17-11-16-23(20-24)28-29-26(21-12-5-3-6-13-21)27(33-28)22-14-7-4-8-15-22/h3-8,11-17,20H,2,9-10,18-19H2,1H3. The Hall–Kier alpha value is -3.86. The normalized spacial score (nSPS) is 10.7. The predicted octanol–water partition coefficient (Wildman–Crippen LogP) is 6.79. The number of ether oxygens (including phenoxy) is 2. The van der Waals surface area contributed by atoms with E-state index in [0.29, 0.717) is 25.5 Å². The van der Waals surface area contributed by atoms with E-state index in [0.717, 1.165) is 46.7 Å². The van der Waals surface area contributed by atoms with Crippen LogP contribution in [0, 0.1) is 0 Å². The van der Waals surface area contributed by atoms with Crippen molar-refractivity contribution in [2.75, 3.05) is 13.2 Å². The van der Waals surface area contributed by atoms with Gasteiger partial charge in [-0.25, -0.2) is 4.98 Å². The summed E-state index contributed by atoms with van der Waals surface area (Å²) < 4.78 is 17.1. The monoisotopic (exact) mass is 441 g/mol. The molecule has 33 heavy (non-hydrogen) atoms. The van der Waals surface area contributed by atoms with E-state index in [1.165, 1.54) is 0 Å². The van der Waals surface area contributed by atoms with Crippen LogP contribution in [0.1, 0.15) is 26.2 Å². The number of carbonyl (C=O) groups excluding carboxylic acids is 1. The summed E-state index contributed by atoms with van der Waals surface area (Å²) in [5, 5.41) is 0. The van der Waals surface area contributed by atoms with E-state index in [1.54, 1.807) is 0 Å². The summed E-state index contributed by atoms with van der Waals surface area (Å²) >= 11 is 0. The minimum atomic E-state index is -0.160. The van der Waals surface area contributed by atoms with Crippen LogP contribution in [0.3, 0.4) is 0 Å². The van der Waals surface area contributed by atoms with Gasteiger partial charge in [-0.1, -0.05) is 66.7 Å². The number of rotatable bonds is 10. The number of carbonyl (C=O) groups is 1. The molecule has 0 N–H and O–H groups in total.